The van der Waals surface area contributed by atoms with Gasteiger partial charge in [-0.2, -0.15) is 0 Å². The lowest BCUT2D eigenvalue weighted by molar-refractivity contribution is 0.00456. The van der Waals surface area contributed by atoms with E-state index >= 15 is 0 Å². The molecule has 2 atom stereocenters. The maximum absolute atomic E-state index is 10.5. The van der Waals surface area contributed by atoms with Gasteiger partial charge in [0.2, 0.25) is 0 Å². The Morgan fingerprint density at radius 3 is 2.12 bits per heavy atom. The summed E-state index contributed by atoms with van der Waals surface area (Å²) in [5, 5.41) is 14.4. The van der Waals surface area contributed by atoms with Crippen molar-refractivity contribution in [3.05, 3.63) is 95.6 Å². The average Bonchev–Trinajstić information content (AvgIpc) is 2.86. The van der Waals surface area contributed by atoms with Crippen molar-refractivity contribution < 1.29 is 9.84 Å². The van der Waals surface area contributed by atoms with Gasteiger partial charge in [0.15, 0.2) is 0 Å². The number of hydrogen-bond acceptors (Lipinski definition) is 4. The number of nitrogens with zero attached hydrogens (tertiary/aromatic N) is 1. The Labute approximate surface area is 190 Å². The van der Waals surface area contributed by atoms with Crippen LogP contribution >= 0.6 is 0 Å². The maximum Gasteiger partial charge on any atom is 0.127 e. The molecule has 3 aliphatic heterocycles. The summed E-state index contributed by atoms with van der Waals surface area (Å²) in [7, 11) is 1.66. The summed E-state index contributed by atoms with van der Waals surface area (Å²) in [6.07, 6.45) is 2.45. The lowest BCUT2D eigenvalue weighted by atomic mass is 9.70. The molecule has 166 valence electrons. The Morgan fingerprint density at radius 1 is 0.906 bits per heavy atom. The quantitative estimate of drug-likeness (QED) is 0.568. The zero-order chi connectivity index (χ0) is 21.9. The molecular weight excluding hydrogens is 396 g/mol. The highest BCUT2D eigenvalue weighted by molar-refractivity contribution is 5.44. The van der Waals surface area contributed by atoms with E-state index in [2.05, 4.69) is 70.9 Å². The van der Waals surface area contributed by atoms with Crippen LogP contribution in [0.3, 0.4) is 0 Å². The minimum atomic E-state index is 0.289. The topological polar surface area (TPSA) is 44.7 Å². The zero-order valence-corrected chi connectivity index (χ0v) is 18.7. The molecule has 4 heteroatoms. The molecule has 0 aliphatic carbocycles. The smallest absolute Gasteiger partial charge is 0.127 e. The van der Waals surface area contributed by atoms with Crippen molar-refractivity contribution >= 4 is 0 Å². The second kappa shape index (κ2) is 9.35. The highest BCUT2D eigenvalue weighted by atomic mass is 16.5. The lowest BCUT2D eigenvalue weighted by Crippen LogP contribution is -2.64. The Balaban J connectivity index is 1.50. The molecule has 3 aromatic carbocycles. The largest absolute Gasteiger partial charge is 0.507 e. The molecule has 3 fully saturated rings. The van der Waals surface area contributed by atoms with Gasteiger partial charge in [-0.25, -0.2) is 0 Å². The van der Waals surface area contributed by atoms with E-state index in [9.17, 15) is 5.11 Å². The van der Waals surface area contributed by atoms with Crippen LogP contribution < -0.4 is 10.1 Å². The SMILES string of the molecule is COc1cccc(O)c1CNC1C2CCN(CC2)C1C(c1ccccc1)c1ccccc1. The van der Waals surface area contributed by atoms with E-state index in [0.717, 1.165) is 24.4 Å². The van der Waals surface area contributed by atoms with Gasteiger partial charge in [-0.3, -0.25) is 4.90 Å². The number of phenols is 1. The number of phenolic OH excluding ortho intramolecular Hbond substituents is 1. The number of methoxy groups -OCH3 is 1. The van der Waals surface area contributed by atoms with Crippen LogP contribution in [0, 0.1) is 5.92 Å². The molecule has 0 spiro atoms. The van der Waals surface area contributed by atoms with Gasteiger partial charge in [-0.05, 0) is 55.1 Å². The summed E-state index contributed by atoms with van der Waals surface area (Å²) >= 11 is 0. The van der Waals surface area contributed by atoms with E-state index in [1.165, 1.54) is 24.0 Å². The number of ether oxygens (including phenoxy) is 1. The fraction of sp³-hybridized carbons (Fsp3) is 0.357. The second-order valence-corrected chi connectivity index (χ2v) is 9.03. The van der Waals surface area contributed by atoms with Crippen molar-refractivity contribution in [2.45, 2.75) is 37.4 Å². The van der Waals surface area contributed by atoms with Crippen molar-refractivity contribution in [3.8, 4) is 11.5 Å². The van der Waals surface area contributed by atoms with Gasteiger partial charge in [-0.15, -0.1) is 0 Å². The Morgan fingerprint density at radius 2 is 1.53 bits per heavy atom. The summed E-state index contributed by atoms with van der Waals surface area (Å²) in [4.78, 5) is 2.68. The first kappa shape index (κ1) is 21.0. The lowest BCUT2D eigenvalue weighted by Gasteiger charge is -2.54. The van der Waals surface area contributed by atoms with Gasteiger partial charge in [0, 0.05) is 30.1 Å². The predicted octanol–water partition coefficient (Wildman–Crippen LogP) is 4.79. The average molecular weight is 429 g/mol. The monoisotopic (exact) mass is 428 g/mol. The zero-order valence-electron chi connectivity index (χ0n) is 18.7. The minimum Gasteiger partial charge on any atom is -0.507 e. The minimum absolute atomic E-state index is 0.289. The van der Waals surface area contributed by atoms with Crippen LogP contribution in [0.15, 0.2) is 78.9 Å². The summed E-state index contributed by atoms with van der Waals surface area (Å²) < 4.78 is 5.53. The maximum atomic E-state index is 10.5. The van der Waals surface area contributed by atoms with E-state index < -0.39 is 0 Å². The van der Waals surface area contributed by atoms with Gasteiger partial charge in [-0.1, -0.05) is 66.7 Å². The van der Waals surface area contributed by atoms with E-state index in [-0.39, 0.29) is 5.75 Å². The molecule has 2 N–H and O–H groups in total. The van der Waals surface area contributed by atoms with Gasteiger partial charge < -0.3 is 15.2 Å². The number of hydrogen-bond donors (Lipinski definition) is 2. The molecular formula is C28H32N2O2. The number of piperidine rings is 3. The van der Waals surface area contributed by atoms with Crippen molar-refractivity contribution in [1.29, 1.82) is 0 Å². The third-order valence-electron chi connectivity index (χ3n) is 7.37. The van der Waals surface area contributed by atoms with Crippen molar-refractivity contribution in [3.63, 3.8) is 0 Å². The molecule has 4 nitrogen and oxygen atoms in total. The fourth-order valence-corrected chi connectivity index (χ4v) is 5.84. The number of nitrogens with one attached hydrogen (secondary N) is 1. The number of fused-ring (bicyclic) bond motifs is 3. The molecule has 3 heterocycles. The second-order valence-electron chi connectivity index (χ2n) is 9.03. The molecule has 0 aromatic heterocycles. The Bertz CT molecular complexity index is 977. The highest BCUT2D eigenvalue weighted by Crippen LogP contribution is 2.42. The first-order valence-corrected chi connectivity index (χ1v) is 11.7. The van der Waals surface area contributed by atoms with Crippen molar-refractivity contribution in [2.24, 2.45) is 5.92 Å². The predicted molar refractivity (Wildman–Crippen MR) is 128 cm³/mol. The van der Waals surface area contributed by atoms with E-state index in [1.807, 2.05) is 12.1 Å². The third-order valence-corrected chi connectivity index (χ3v) is 7.37. The van der Waals surface area contributed by atoms with E-state index in [4.69, 9.17) is 4.74 Å². The van der Waals surface area contributed by atoms with Gasteiger partial charge in [0.05, 0.1) is 7.11 Å². The summed E-state index contributed by atoms with van der Waals surface area (Å²) in [5.74, 6) is 1.95. The first-order valence-electron chi connectivity index (χ1n) is 11.7. The molecule has 2 unspecified atom stereocenters. The normalized spacial score (nSPS) is 24.6. The summed E-state index contributed by atoms with van der Waals surface area (Å²) in [6, 6.07) is 28.1. The van der Waals surface area contributed by atoms with Crippen molar-refractivity contribution in [2.75, 3.05) is 20.2 Å². The molecule has 0 amide bonds. The fourth-order valence-electron chi connectivity index (χ4n) is 5.84. The van der Waals surface area contributed by atoms with E-state index in [0.29, 0.717) is 30.5 Å². The third kappa shape index (κ3) is 4.01. The highest BCUT2D eigenvalue weighted by Gasteiger charge is 2.46. The molecule has 3 aliphatic rings. The van der Waals surface area contributed by atoms with Crippen LogP contribution in [0.25, 0.3) is 0 Å². The molecule has 3 aromatic rings. The van der Waals surface area contributed by atoms with Crippen LogP contribution in [-0.4, -0.2) is 42.3 Å². The first-order chi connectivity index (χ1) is 15.8. The molecule has 32 heavy (non-hydrogen) atoms. The number of benzene rings is 3. The van der Waals surface area contributed by atoms with Gasteiger partial charge in [0.25, 0.3) is 0 Å². The Hall–Kier alpha value is -2.82. The Kier molecular flexibility index (Phi) is 6.15. The van der Waals surface area contributed by atoms with Crippen LogP contribution in [0.5, 0.6) is 11.5 Å². The number of aromatic hydroxyl groups is 1. The summed E-state index contributed by atoms with van der Waals surface area (Å²) in [5.41, 5.74) is 3.56. The van der Waals surface area contributed by atoms with Crippen LogP contribution in [0.4, 0.5) is 0 Å². The van der Waals surface area contributed by atoms with E-state index in [1.54, 1.807) is 13.2 Å². The van der Waals surface area contributed by atoms with Gasteiger partial charge >= 0.3 is 0 Å². The van der Waals surface area contributed by atoms with Crippen LogP contribution in [0.2, 0.25) is 0 Å². The summed E-state index contributed by atoms with van der Waals surface area (Å²) in [6.45, 7) is 2.91. The molecule has 0 saturated carbocycles. The number of rotatable bonds is 7. The van der Waals surface area contributed by atoms with Crippen molar-refractivity contribution in [1.82, 2.24) is 10.2 Å². The standard InChI is InChI=1S/C28H32N2O2/c1-32-25-14-8-13-24(31)23(25)19-29-27-22-15-17-30(18-16-22)28(27)26(20-9-4-2-5-10-20)21-11-6-3-7-12-21/h2-14,22,26-29,31H,15-19H2,1H3. The molecule has 6 rings (SSSR count). The molecule has 0 radical (unpaired) electrons. The van der Waals surface area contributed by atoms with Crippen LogP contribution in [-0.2, 0) is 6.54 Å². The molecule has 2 bridgehead atoms. The molecule has 3 saturated heterocycles. The van der Waals surface area contributed by atoms with Crippen LogP contribution in [0.1, 0.15) is 35.4 Å². The van der Waals surface area contributed by atoms with Gasteiger partial charge in [0.1, 0.15) is 11.5 Å².